The fourth-order valence-electron chi connectivity index (χ4n) is 0.863. The minimum Gasteiger partial charge on any atom is -0.371 e. The molecule has 0 bridgehead atoms. The number of aliphatic hydroxyl groups is 1. The van der Waals surface area contributed by atoms with Gasteiger partial charge in [-0.25, -0.2) is 0 Å². The second kappa shape index (κ2) is 2.87. The van der Waals surface area contributed by atoms with Gasteiger partial charge in [-0.2, -0.15) is 0 Å². The maximum atomic E-state index is 11.3. The van der Waals surface area contributed by atoms with Crippen molar-refractivity contribution in [3.05, 3.63) is 11.6 Å². The van der Waals surface area contributed by atoms with Crippen molar-refractivity contribution < 1.29 is 9.90 Å². The van der Waals surface area contributed by atoms with Gasteiger partial charge < -0.3 is 10.0 Å². The summed E-state index contributed by atoms with van der Waals surface area (Å²) >= 11 is 1.16. The van der Waals surface area contributed by atoms with Gasteiger partial charge in [0.1, 0.15) is 0 Å². The highest BCUT2D eigenvalue weighted by molar-refractivity contribution is 8.04. The molecule has 1 heterocycles. The lowest BCUT2D eigenvalue weighted by Crippen LogP contribution is -2.44. The first-order valence-electron chi connectivity index (χ1n) is 3.44. The molecule has 1 atom stereocenters. The summed E-state index contributed by atoms with van der Waals surface area (Å²) in [7, 11) is 1.64. The molecule has 0 fully saturated rings. The van der Waals surface area contributed by atoms with Gasteiger partial charge in [0.05, 0.1) is 0 Å². The first-order chi connectivity index (χ1) is 5.10. The number of nitrogens with zero attached hydrogens (tertiary/aromatic N) is 1. The first kappa shape index (κ1) is 8.62. The van der Waals surface area contributed by atoms with Crippen LogP contribution in [0, 0.1) is 0 Å². The molecule has 0 radical (unpaired) electrons. The molecule has 11 heavy (non-hydrogen) atoms. The molecule has 62 valence electrons. The summed E-state index contributed by atoms with van der Waals surface area (Å²) in [6.07, 6.45) is 2.09. The van der Waals surface area contributed by atoms with E-state index in [4.69, 9.17) is 0 Å². The Hall–Kier alpha value is -0.480. The average Bonchev–Trinajstić information content (AvgIpc) is 2.00. The molecular formula is C7H11NO2S. The highest BCUT2D eigenvalue weighted by Crippen LogP contribution is 2.32. The van der Waals surface area contributed by atoms with E-state index in [1.165, 1.54) is 4.90 Å². The number of amides is 1. The molecule has 1 aliphatic rings. The van der Waals surface area contributed by atoms with Crippen molar-refractivity contribution in [1.82, 2.24) is 4.90 Å². The molecule has 1 rings (SSSR count). The molecule has 0 aliphatic carbocycles. The molecule has 0 saturated carbocycles. The van der Waals surface area contributed by atoms with E-state index in [-0.39, 0.29) is 5.91 Å². The van der Waals surface area contributed by atoms with Gasteiger partial charge in [-0.1, -0.05) is 18.7 Å². The normalized spacial score (nSPS) is 31.2. The van der Waals surface area contributed by atoms with Crippen LogP contribution in [0.5, 0.6) is 0 Å². The lowest BCUT2D eigenvalue weighted by molar-refractivity contribution is -0.139. The van der Waals surface area contributed by atoms with Crippen LogP contribution in [0.3, 0.4) is 0 Å². The van der Waals surface area contributed by atoms with E-state index in [9.17, 15) is 9.90 Å². The average molecular weight is 173 g/mol. The summed E-state index contributed by atoms with van der Waals surface area (Å²) in [6.45, 7) is 1.79. The van der Waals surface area contributed by atoms with Crippen LogP contribution in [0.15, 0.2) is 11.6 Å². The molecular weight excluding hydrogens is 162 g/mol. The van der Waals surface area contributed by atoms with Crippen molar-refractivity contribution in [2.75, 3.05) is 7.05 Å². The van der Waals surface area contributed by atoms with E-state index in [1.54, 1.807) is 25.6 Å². The molecule has 0 aromatic carbocycles. The van der Waals surface area contributed by atoms with Gasteiger partial charge in [0, 0.05) is 13.2 Å². The number of likely N-dealkylation sites (N-methyl/N-ethyl adjacent to an activating group) is 1. The summed E-state index contributed by atoms with van der Waals surface area (Å²) < 4.78 is 0. The summed E-state index contributed by atoms with van der Waals surface area (Å²) in [5.74, 6) is -0.243. The second-order valence-corrected chi connectivity index (χ2v) is 3.64. The van der Waals surface area contributed by atoms with E-state index in [1.807, 2.05) is 0 Å². The van der Waals surface area contributed by atoms with Crippen LogP contribution in [0.4, 0.5) is 0 Å². The van der Waals surface area contributed by atoms with Crippen molar-refractivity contribution in [1.29, 1.82) is 0 Å². The van der Waals surface area contributed by atoms with Gasteiger partial charge in [0.2, 0.25) is 0 Å². The van der Waals surface area contributed by atoms with Crippen LogP contribution in [-0.4, -0.2) is 27.9 Å². The molecule has 1 amide bonds. The summed E-state index contributed by atoms with van der Waals surface area (Å²) in [5, 5.41) is 11.4. The molecule has 1 N–H and O–H groups in total. The molecule has 0 saturated heterocycles. The number of carbonyl (C=O) groups is 1. The van der Waals surface area contributed by atoms with E-state index in [0.717, 1.165) is 11.8 Å². The van der Waals surface area contributed by atoms with Crippen molar-refractivity contribution in [3.8, 4) is 0 Å². The largest absolute Gasteiger partial charge is 0.371 e. The lowest BCUT2D eigenvalue weighted by Gasteiger charge is -2.30. The summed E-state index contributed by atoms with van der Waals surface area (Å²) in [4.78, 5) is 11.5. The third-order valence-electron chi connectivity index (χ3n) is 1.68. The zero-order valence-corrected chi connectivity index (χ0v) is 7.39. The highest BCUT2D eigenvalue weighted by Gasteiger charge is 2.37. The van der Waals surface area contributed by atoms with Crippen LogP contribution < -0.4 is 0 Å². The van der Waals surface area contributed by atoms with Gasteiger partial charge in [0.25, 0.3) is 5.91 Å². The van der Waals surface area contributed by atoms with Gasteiger partial charge >= 0.3 is 0 Å². The highest BCUT2D eigenvalue weighted by atomic mass is 32.2. The van der Waals surface area contributed by atoms with Gasteiger partial charge in [-0.3, -0.25) is 4.79 Å². The lowest BCUT2D eigenvalue weighted by atomic mass is 10.2. The van der Waals surface area contributed by atoms with Crippen molar-refractivity contribution in [2.45, 2.75) is 18.3 Å². The Morgan fingerprint density at radius 1 is 1.82 bits per heavy atom. The minimum atomic E-state index is -1.23. The molecule has 0 aromatic heterocycles. The standard InChI is InChI=1S/C7H11NO2S/c1-3-7(10)6(9)8(2)4-5-11-7/h4-5,10H,3H2,1-2H3. The number of hydrogen-bond donors (Lipinski definition) is 1. The predicted molar refractivity (Wildman–Crippen MR) is 44.7 cm³/mol. The second-order valence-electron chi connectivity index (χ2n) is 2.46. The van der Waals surface area contributed by atoms with E-state index in [2.05, 4.69) is 0 Å². The molecule has 1 aliphatic heterocycles. The maximum Gasteiger partial charge on any atom is 0.269 e. The zero-order valence-electron chi connectivity index (χ0n) is 6.57. The Kier molecular flexibility index (Phi) is 2.25. The fraction of sp³-hybridized carbons (Fsp3) is 0.571. The van der Waals surface area contributed by atoms with Crippen LogP contribution >= 0.6 is 11.8 Å². The van der Waals surface area contributed by atoms with Gasteiger partial charge in [-0.05, 0) is 11.8 Å². The number of carbonyl (C=O) groups excluding carboxylic acids is 1. The number of thioether (sulfide) groups is 1. The molecule has 0 aromatic rings. The van der Waals surface area contributed by atoms with Crippen LogP contribution in [0.2, 0.25) is 0 Å². The first-order valence-corrected chi connectivity index (χ1v) is 4.32. The van der Waals surface area contributed by atoms with Crippen molar-refractivity contribution in [3.63, 3.8) is 0 Å². The molecule has 0 spiro atoms. The Bertz CT molecular complexity index is 205. The third kappa shape index (κ3) is 1.41. The van der Waals surface area contributed by atoms with E-state index in [0.29, 0.717) is 6.42 Å². The van der Waals surface area contributed by atoms with Gasteiger partial charge in [0.15, 0.2) is 4.93 Å². The smallest absolute Gasteiger partial charge is 0.269 e. The number of rotatable bonds is 1. The molecule has 3 nitrogen and oxygen atoms in total. The SMILES string of the molecule is CCC1(O)SC=CN(C)C1=O. The topological polar surface area (TPSA) is 40.5 Å². The third-order valence-corrected chi connectivity index (χ3v) is 2.79. The Balaban J connectivity index is 2.86. The molecule has 1 unspecified atom stereocenters. The van der Waals surface area contributed by atoms with E-state index < -0.39 is 4.93 Å². The zero-order chi connectivity index (χ0) is 8.48. The summed E-state index contributed by atoms with van der Waals surface area (Å²) in [6, 6.07) is 0. The quantitative estimate of drug-likeness (QED) is 0.636. The van der Waals surface area contributed by atoms with Crippen molar-refractivity contribution >= 4 is 17.7 Å². The summed E-state index contributed by atoms with van der Waals surface area (Å²) in [5.41, 5.74) is 0. The predicted octanol–water partition coefficient (Wildman–Crippen LogP) is 0.761. The number of hydrogen-bond acceptors (Lipinski definition) is 3. The van der Waals surface area contributed by atoms with Crippen LogP contribution in [0.25, 0.3) is 0 Å². The van der Waals surface area contributed by atoms with Gasteiger partial charge in [-0.15, -0.1) is 0 Å². The maximum absolute atomic E-state index is 11.3. The van der Waals surface area contributed by atoms with Crippen LogP contribution in [0.1, 0.15) is 13.3 Å². The minimum absolute atomic E-state index is 0.243. The van der Waals surface area contributed by atoms with Crippen molar-refractivity contribution in [2.24, 2.45) is 0 Å². The Labute approximate surface area is 70.1 Å². The molecule has 4 heteroatoms. The van der Waals surface area contributed by atoms with E-state index >= 15 is 0 Å². The Morgan fingerprint density at radius 2 is 2.45 bits per heavy atom. The monoisotopic (exact) mass is 173 g/mol. The van der Waals surface area contributed by atoms with Crippen LogP contribution in [-0.2, 0) is 4.79 Å². The Morgan fingerprint density at radius 3 is 2.91 bits per heavy atom. The fourth-order valence-corrected chi connectivity index (χ4v) is 1.74.